The zero-order valence-corrected chi connectivity index (χ0v) is 19.6. The Morgan fingerprint density at radius 1 is 0.971 bits per heavy atom. The summed E-state index contributed by atoms with van der Waals surface area (Å²) in [6.07, 6.45) is 6.41. The summed E-state index contributed by atoms with van der Waals surface area (Å²) in [7, 11) is -3.78. The number of benzene rings is 2. The van der Waals surface area contributed by atoms with Crippen LogP contribution in [0.1, 0.15) is 11.7 Å². The SMILES string of the molecule is Cc1nc(-c2ccc(S(=O)(=O)Nc3ccc(Oc4cc(-n5ccnc5C)ncn4)cc3)cc2)co1. The summed E-state index contributed by atoms with van der Waals surface area (Å²) in [5.74, 6) is 2.79. The molecule has 1 N–H and O–H groups in total. The normalized spacial score (nSPS) is 11.4. The second-order valence-corrected chi connectivity index (χ2v) is 9.25. The van der Waals surface area contributed by atoms with Gasteiger partial charge in [-0.15, -0.1) is 0 Å². The van der Waals surface area contributed by atoms with E-state index in [1.54, 1.807) is 61.8 Å². The van der Waals surface area contributed by atoms with Gasteiger partial charge in [0.2, 0.25) is 5.88 Å². The van der Waals surface area contributed by atoms with Crippen molar-refractivity contribution in [2.75, 3.05) is 4.72 Å². The summed E-state index contributed by atoms with van der Waals surface area (Å²) in [4.78, 5) is 16.9. The van der Waals surface area contributed by atoms with E-state index in [1.165, 1.54) is 24.7 Å². The summed E-state index contributed by atoms with van der Waals surface area (Å²) in [5, 5.41) is 0. The molecule has 0 saturated heterocycles. The van der Waals surface area contributed by atoms with Crippen LogP contribution in [-0.2, 0) is 10.0 Å². The van der Waals surface area contributed by atoms with Crippen LogP contribution in [0, 0.1) is 13.8 Å². The van der Waals surface area contributed by atoms with Crippen molar-refractivity contribution in [1.82, 2.24) is 24.5 Å². The first-order valence-electron chi connectivity index (χ1n) is 10.5. The highest BCUT2D eigenvalue weighted by Gasteiger charge is 2.15. The highest BCUT2D eigenvalue weighted by molar-refractivity contribution is 7.92. The molecule has 0 spiro atoms. The Kier molecular flexibility index (Phi) is 5.75. The number of aryl methyl sites for hydroxylation is 2. The predicted octanol–water partition coefficient (Wildman–Crippen LogP) is 4.53. The van der Waals surface area contributed by atoms with Crippen LogP contribution in [0.3, 0.4) is 0 Å². The monoisotopic (exact) mass is 488 g/mol. The third-order valence-corrected chi connectivity index (χ3v) is 6.51. The first kappa shape index (κ1) is 22.3. The molecule has 3 aromatic heterocycles. The topological polar surface area (TPSA) is 125 Å². The maximum Gasteiger partial charge on any atom is 0.261 e. The molecule has 5 aromatic rings. The first-order chi connectivity index (χ1) is 16.9. The van der Waals surface area contributed by atoms with Crippen LogP contribution in [-0.4, -0.2) is 32.9 Å². The summed E-state index contributed by atoms with van der Waals surface area (Å²) in [6.45, 7) is 3.62. The number of nitrogens with zero attached hydrogens (tertiary/aromatic N) is 5. The van der Waals surface area contributed by atoms with Crippen molar-refractivity contribution in [3.05, 3.63) is 91.3 Å². The minimum atomic E-state index is -3.78. The largest absolute Gasteiger partial charge is 0.449 e. The molecule has 0 aliphatic heterocycles. The van der Waals surface area contributed by atoms with Gasteiger partial charge < -0.3 is 9.15 Å². The Labute approximate surface area is 201 Å². The summed E-state index contributed by atoms with van der Waals surface area (Å²) >= 11 is 0. The fraction of sp³-hybridized carbons (Fsp3) is 0.0833. The van der Waals surface area contributed by atoms with Gasteiger partial charge in [0.05, 0.1) is 4.90 Å². The minimum Gasteiger partial charge on any atom is -0.449 e. The van der Waals surface area contributed by atoms with Crippen molar-refractivity contribution in [3.8, 4) is 28.7 Å². The minimum absolute atomic E-state index is 0.130. The van der Waals surface area contributed by atoms with Crippen molar-refractivity contribution >= 4 is 15.7 Å². The van der Waals surface area contributed by atoms with Crippen LogP contribution in [0.4, 0.5) is 5.69 Å². The first-order valence-corrected chi connectivity index (χ1v) is 12.0. The van der Waals surface area contributed by atoms with Gasteiger partial charge in [0.15, 0.2) is 5.89 Å². The number of ether oxygens (including phenoxy) is 1. The Hall–Kier alpha value is -4.51. The van der Waals surface area contributed by atoms with Gasteiger partial charge in [-0.3, -0.25) is 9.29 Å². The van der Waals surface area contributed by atoms with E-state index in [0.717, 1.165) is 11.4 Å². The van der Waals surface area contributed by atoms with E-state index in [2.05, 4.69) is 24.7 Å². The molecule has 10 nitrogen and oxygen atoms in total. The zero-order chi connectivity index (χ0) is 24.4. The fourth-order valence-electron chi connectivity index (χ4n) is 3.36. The molecule has 0 fully saturated rings. The molecule has 35 heavy (non-hydrogen) atoms. The van der Waals surface area contributed by atoms with Crippen molar-refractivity contribution in [2.24, 2.45) is 0 Å². The third-order valence-electron chi connectivity index (χ3n) is 5.11. The van der Waals surface area contributed by atoms with Gasteiger partial charge >= 0.3 is 0 Å². The van der Waals surface area contributed by atoms with Crippen LogP contribution in [0.25, 0.3) is 17.1 Å². The molecule has 176 valence electrons. The summed E-state index contributed by atoms with van der Waals surface area (Å²) in [6, 6.07) is 14.6. The number of imidazole rings is 1. The van der Waals surface area contributed by atoms with E-state index in [9.17, 15) is 8.42 Å². The number of anilines is 1. The van der Waals surface area contributed by atoms with Gasteiger partial charge in [0.25, 0.3) is 10.0 Å². The summed E-state index contributed by atoms with van der Waals surface area (Å²) < 4.78 is 41.0. The molecule has 0 atom stereocenters. The van der Waals surface area contributed by atoms with Gasteiger partial charge in [0, 0.05) is 36.6 Å². The number of aromatic nitrogens is 5. The predicted molar refractivity (Wildman–Crippen MR) is 128 cm³/mol. The van der Waals surface area contributed by atoms with Crippen LogP contribution >= 0.6 is 0 Å². The lowest BCUT2D eigenvalue weighted by Gasteiger charge is -2.10. The molecule has 5 rings (SSSR count). The average Bonchev–Trinajstić information content (AvgIpc) is 3.48. The standard InChI is InChI=1S/C24H20N6O4S/c1-16-25-11-12-30(16)23-13-24(27-15-26-23)34-20-7-5-19(6-8-20)29-35(31,32)21-9-3-18(4-10-21)22-14-33-17(2)28-22/h3-15,29H,1-2H3. The van der Waals surface area contributed by atoms with Crippen LogP contribution < -0.4 is 9.46 Å². The molecule has 0 saturated carbocycles. The number of sulfonamides is 1. The molecule has 0 unspecified atom stereocenters. The average molecular weight is 489 g/mol. The van der Waals surface area contributed by atoms with Gasteiger partial charge in [-0.1, -0.05) is 12.1 Å². The Bertz CT molecular complexity index is 1580. The second-order valence-electron chi connectivity index (χ2n) is 7.57. The van der Waals surface area contributed by atoms with E-state index >= 15 is 0 Å². The lowest BCUT2D eigenvalue weighted by Crippen LogP contribution is -2.12. The van der Waals surface area contributed by atoms with Crippen molar-refractivity contribution in [3.63, 3.8) is 0 Å². The van der Waals surface area contributed by atoms with Gasteiger partial charge in [-0.2, -0.15) is 0 Å². The van der Waals surface area contributed by atoms with Crippen LogP contribution in [0.2, 0.25) is 0 Å². The van der Waals surface area contributed by atoms with E-state index in [1.807, 2.05) is 11.5 Å². The molecule has 11 heteroatoms. The van der Waals surface area contributed by atoms with Crippen LogP contribution in [0.15, 0.2) is 88.9 Å². The molecule has 0 amide bonds. The highest BCUT2D eigenvalue weighted by atomic mass is 32.2. The Balaban J connectivity index is 1.27. The molecular weight excluding hydrogens is 468 g/mol. The zero-order valence-electron chi connectivity index (χ0n) is 18.8. The highest BCUT2D eigenvalue weighted by Crippen LogP contribution is 2.25. The van der Waals surface area contributed by atoms with E-state index in [4.69, 9.17) is 9.15 Å². The molecule has 0 radical (unpaired) electrons. The van der Waals surface area contributed by atoms with Gasteiger partial charge in [-0.05, 0) is 43.3 Å². The lowest BCUT2D eigenvalue weighted by atomic mass is 10.2. The summed E-state index contributed by atoms with van der Waals surface area (Å²) in [5.41, 5.74) is 1.80. The molecule has 0 aliphatic carbocycles. The number of rotatable bonds is 7. The Morgan fingerprint density at radius 2 is 1.74 bits per heavy atom. The smallest absolute Gasteiger partial charge is 0.261 e. The number of nitrogens with one attached hydrogen (secondary N) is 1. The molecule has 0 aliphatic rings. The molecule has 0 bridgehead atoms. The maximum absolute atomic E-state index is 12.8. The van der Waals surface area contributed by atoms with E-state index < -0.39 is 10.0 Å². The third kappa shape index (κ3) is 4.89. The van der Waals surface area contributed by atoms with E-state index in [-0.39, 0.29) is 4.90 Å². The van der Waals surface area contributed by atoms with Gasteiger partial charge in [0.1, 0.15) is 35.7 Å². The van der Waals surface area contributed by atoms with Gasteiger partial charge in [-0.25, -0.2) is 28.4 Å². The molecule has 3 heterocycles. The number of oxazole rings is 1. The van der Waals surface area contributed by atoms with E-state index in [0.29, 0.717) is 34.7 Å². The quantitative estimate of drug-likeness (QED) is 0.354. The number of hydrogen-bond acceptors (Lipinski definition) is 8. The van der Waals surface area contributed by atoms with Crippen molar-refractivity contribution in [1.29, 1.82) is 0 Å². The number of hydrogen-bond donors (Lipinski definition) is 1. The second kappa shape index (κ2) is 9.03. The lowest BCUT2D eigenvalue weighted by molar-refractivity contribution is 0.461. The van der Waals surface area contributed by atoms with Crippen molar-refractivity contribution < 1.29 is 17.6 Å². The molecule has 2 aromatic carbocycles. The molecular formula is C24H20N6O4S. The maximum atomic E-state index is 12.8. The van der Waals surface area contributed by atoms with Crippen molar-refractivity contribution in [2.45, 2.75) is 18.7 Å². The van der Waals surface area contributed by atoms with Crippen LogP contribution in [0.5, 0.6) is 11.6 Å². The fourth-order valence-corrected chi connectivity index (χ4v) is 4.42. The Morgan fingerprint density at radius 3 is 2.40 bits per heavy atom.